The quantitative estimate of drug-likeness (QED) is 0.387. The number of hydrogen-bond acceptors (Lipinski definition) is 6. The van der Waals surface area contributed by atoms with Crippen molar-refractivity contribution in [3.8, 4) is 22.6 Å². The van der Waals surface area contributed by atoms with Crippen LogP contribution in [-0.2, 0) is 10.9 Å². The van der Waals surface area contributed by atoms with Crippen molar-refractivity contribution in [3.05, 3.63) is 53.7 Å². The van der Waals surface area contributed by atoms with Crippen molar-refractivity contribution in [2.75, 3.05) is 19.0 Å². The van der Waals surface area contributed by atoms with E-state index in [0.29, 0.717) is 41.1 Å². The van der Waals surface area contributed by atoms with Crippen LogP contribution in [0.2, 0.25) is 0 Å². The first-order valence-corrected chi connectivity index (χ1v) is 10.9. The molecule has 0 unspecified atom stereocenters. The van der Waals surface area contributed by atoms with Crippen LogP contribution in [-0.4, -0.2) is 39.1 Å². The molecule has 168 valence electrons. The number of methoxy groups -OCH3 is 1. The molecule has 0 amide bonds. The highest BCUT2D eigenvalue weighted by Gasteiger charge is 2.30. The maximum Gasteiger partial charge on any atom is 0.416 e. The molecule has 3 aromatic heterocycles. The molecule has 0 bridgehead atoms. The first-order chi connectivity index (χ1) is 15.3. The van der Waals surface area contributed by atoms with E-state index in [-0.39, 0.29) is 6.04 Å². The molecule has 0 saturated heterocycles. The normalized spacial score (nSPS) is 13.1. The van der Waals surface area contributed by atoms with Gasteiger partial charge in [0.25, 0.3) is 0 Å². The Bertz CT molecular complexity index is 1200. The smallest absolute Gasteiger partial charge is 0.383 e. The molecule has 32 heavy (non-hydrogen) atoms. The van der Waals surface area contributed by atoms with Crippen LogP contribution in [0.5, 0.6) is 0 Å². The van der Waals surface area contributed by atoms with Crippen LogP contribution < -0.4 is 5.32 Å². The number of nitrogens with one attached hydrogen (secondary N) is 1. The highest BCUT2D eigenvalue weighted by Crippen LogP contribution is 2.36. The van der Waals surface area contributed by atoms with Crippen molar-refractivity contribution >= 4 is 22.2 Å². The van der Waals surface area contributed by atoms with Gasteiger partial charge in [-0.3, -0.25) is 4.40 Å². The Morgan fingerprint density at radius 3 is 2.53 bits per heavy atom. The van der Waals surface area contributed by atoms with Crippen molar-refractivity contribution in [1.82, 2.24) is 19.4 Å². The molecule has 4 aromatic rings. The fourth-order valence-corrected chi connectivity index (χ4v) is 4.07. The minimum atomic E-state index is -4.39. The fraction of sp³-hybridized carbons (Fsp3) is 0.318. The van der Waals surface area contributed by atoms with Gasteiger partial charge in [0, 0.05) is 30.4 Å². The summed E-state index contributed by atoms with van der Waals surface area (Å²) in [6.45, 7) is 4.66. The third kappa shape index (κ3) is 4.46. The van der Waals surface area contributed by atoms with Crippen LogP contribution >= 0.6 is 11.3 Å². The van der Waals surface area contributed by atoms with E-state index in [2.05, 4.69) is 34.1 Å². The van der Waals surface area contributed by atoms with Gasteiger partial charge in [-0.2, -0.15) is 13.2 Å². The lowest BCUT2D eigenvalue weighted by atomic mass is 10.1. The molecule has 0 aliphatic heterocycles. The van der Waals surface area contributed by atoms with Crippen molar-refractivity contribution in [2.24, 2.45) is 5.92 Å². The van der Waals surface area contributed by atoms with Gasteiger partial charge in [0.1, 0.15) is 5.69 Å². The number of imidazole rings is 1. The molecule has 0 radical (unpaired) electrons. The average molecular weight is 462 g/mol. The predicted molar refractivity (Wildman–Crippen MR) is 119 cm³/mol. The lowest BCUT2D eigenvalue weighted by Crippen LogP contribution is -2.31. The van der Waals surface area contributed by atoms with Gasteiger partial charge in [-0.1, -0.05) is 26.0 Å². The van der Waals surface area contributed by atoms with E-state index in [1.54, 1.807) is 19.4 Å². The highest BCUT2D eigenvalue weighted by atomic mass is 32.1. The molecule has 0 spiro atoms. The molecule has 4 rings (SSSR count). The number of rotatable bonds is 7. The number of fused-ring (bicyclic) bond motifs is 1. The number of nitrogens with zero attached hydrogens (tertiary/aromatic N) is 4. The summed E-state index contributed by atoms with van der Waals surface area (Å²) >= 11 is 1.44. The zero-order valence-electron chi connectivity index (χ0n) is 17.7. The summed E-state index contributed by atoms with van der Waals surface area (Å²) in [6, 6.07) is 6.80. The number of alkyl halides is 3. The molecule has 10 heteroatoms. The maximum atomic E-state index is 13.0. The van der Waals surface area contributed by atoms with Crippen molar-refractivity contribution < 1.29 is 17.9 Å². The Hall–Kier alpha value is -2.98. The summed E-state index contributed by atoms with van der Waals surface area (Å²) in [4.78, 5) is 14.4. The van der Waals surface area contributed by atoms with Crippen LogP contribution in [0.1, 0.15) is 19.4 Å². The Kier molecular flexibility index (Phi) is 6.16. The van der Waals surface area contributed by atoms with Gasteiger partial charge in [0.15, 0.2) is 4.96 Å². The molecule has 1 N–H and O–H groups in total. The van der Waals surface area contributed by atoms with E-state index < -0.39 is 11.7 Å². The van der Waals surface area contributed by atoms with Crippen LogP contribution in [0, 0.1) is 5.92 Å². The zero-order valence-corrected chi connectivity index (χ0v) is 18.5. The van der Waals surface area contributed by atoms with E-state index in [0.717, 1.165) is 17.1 Å². The van der Waals surface area contributed by atoms with Crippen LogP contribution in [0.15, 0.2) is 48.1 Å². The van der Waals surface area contributed by atoms with Gasteiger partial charge >= 0.3 is 6.18 Å². The topological polar surface area (TPSA) is 64.3 Å². The molecule has 0 aliphatic carbocycles. The molecule has 3 heterocycles. The second-order valence-electron chi connectivity index (χ2n) is 7.66. The zero-order chi connectivity index (χ0) is 22.9. The first kappa shape index (κ1) is 22.2. The first-order valence-electron chi connectivity index (χ1n) is 10.00. The van der Waals surface area contributed by atoms with Gasteiger partial charge in [-0.25, -0.2) is 15.0 Å². The number of hydrogen-bond donors (Lipinski definition) is 1. The molecule has 0 fully saturated rings. The average Bonchev–Trinajstić information content (AvgIpc) is 3.34. The second kappa shape index (κ2) is 8.87. The largest absolute Gasteiger partial charge is 0.416 e. The number of halogens is 3. The second-order valence-corrected chi connectivity index (χ2v) is 8.53. The lowest BCUT2D eigenvalue weighted by molar-refractivity contribution is -0.137. The summed E-state index contributed by atoms with van der Waals surface area (Å²) in [6.07, 6.45) is -0.873. The SMILES string of the molecule is COC[C@@H](Nc1nccc(-c2c(-c3ccc(C(F)(F)F)cc3)nc3sccn23)n1)C(C)C. The summed E-state index contributed by atoms with van der Waals surface area (Å²) in [5.74, 6) is 0.741. The van der Waals surface area contributed by atoms with E-state index in [1.807, 2.05) is 16.0 Å². The Balaban J connectivity index is 1.76. The standard InChI is InChI=1S/C22H22F3N5OS/c1-13(2)17(12-31-3)28-20-26-9-8-16(27-20)19-18(29-21-30(19)10-11-32-21)14-4-6-15(7-5-14)22(23,24)25/h4-11,13,17H,12H2,1-3H3,(H,26,27,28)/t17-/m1/s1. The lowest BCUT2D eigenvalue weighted by Gasteiger charge is -2.21. The number of aromatic nitrogens is 4. The minimum Gasteiger partial charge on any atom is -0.383 e. The van der Waals surface area contributed by atoms with E-state index in [9.17, 15) is 13.2 Å². The molecule has 1 aromatic carbocycles. The predicted octanol–water partition coefficient (Wildman–Crippen LogP) is 5.62. The van der Waals surface area contributed by atoms with Crippen molar-refractivity contribution in [2.45, 2.75) is 26.1 Å². The van der Waals surface area contributed by atoms with E-state index in [1.165, 1.54) is 23.5 Å². The third-order valence-corrected chi connectivity index (χ3v) is 5.87. The summed E-state index contributed by atoms with van der Waals surface area (Å²) in [7, 11) is 1.64. The Morgan fingerprint density at radius 1 is 1.12 bits per heavy atom. The maximum absolute atomic E-state index is 13.0. The van der Waals surface area contributed by atoms with E-state index >= 15 is 0 Å². The fourth-order valence-electron chi connectivity index (χ4n) is 3.36. The summed E-state index contributed by atoms with van der Waals surface area (Å²) < 4.78 is 46.2. The van der Waals surface area contributed by atoms with Gasteiger partial charge < -0.3 is 10.1 Å². The van der Waals surface area contributed by atoms with Crippen LogP contribution in [0.3, 0.4) is 0 Å². The van der Waals surface area contributed by atoms with Gasteiger partial charge in [0.2, 0.25) is 5.95 Å². The molecular formula is C22H22F3N5OS. The number of thiazole rings is 1. The van der Waals surface area contributed by atoms with Crippen molar-refractivity contribution in [1.29, 1.82) is 0 Å². The summed E-state index contributed by atoms with van der Waals surface area (Å²) in [5.41, 5.74) is 1.75. The number of benzene rings is 1. The number of ether oxygens (including phenoxy) is 1. The monoisotopic (exact) mass is 461 g/mol. The van der Waals surface area contributed by atoms with Crippen LogP contribution in [0.4, 0.5) is 19.1 Å². The van der Waals surface area contributed by atoms with Crippen LogP contribution in [0.25, 0.3) is 27.6 Å². The number of anilines is 1. The molecule has 0 saturated carbocycles. The van der Waals surface area contributed by atoms with Gasteiger partial charge in [-0.05, 0) is 24.1 Å². The molecule has 6 nitrogen and oxygen atoms in total. The van der Waals surface area contributed by atoms with Crippen molar-refractivity contribution in [3.63, 3.8) is 0 Å². The Labute approximate surface area is 187 Å². The molecular weight excluding hydrogens is 439 g/mol. The highest BCUT2D eigenvalue weighted by molar-refractivity contribution is 7.15. The molecule has 1 atom stereocenters. The minimum absolute atomic E-state index is 0.0243. The molecule has 0 aliphatic rings. The van der Waals surface area contributed by atoms with Gasteiger partial charge in [0.05, 0.1) is 29.6 Å². The Morgan fingerprint density at radius 2 is 1.88 bits per heavy atom. The van der Waals surface area contributed by atoms with E-state index in [4.69, 9.17) is 4.74 Å². The summed E-state index contributed by atoms with van der Waals surface area (Å²) in [5, 5.41) is 5.21. The van der Waals surface area contributed by atoms with Gasteiger partial charge in [-0.15, -0.1) is 11.3 Å². The third-order valence-electron chi connectivity index (χ3n) is 5.11.